The summed E-state index contributed by atoms with van der Waals surface area (Å²) in [6.07, 6.45) is 3.15. The molecule has 0 unspecified atom stereocenters. The molecule has 0 saturated heterocycles. The van der Waals surface area contributed by atoms with E-state index in [2.05, 4.69) is 15.3 Å². The lowest BCUT2D eigenvalue weighted by atomic mass is 10.1. The standard InChI is InChI=1S/C17H19N3O4S/c1-4-14-13(15(5-2)23-19-14)10-16-18-17(20-24-16)11-6-8-12(9-7-11)25(3,21)22/h6-9H,4-5,10H2,1-3H3. The van der Waals surface area contributed by atoms with Crippen LogP contribution in [0.25, 0.3) is 11.4 Å². The summed E-state index contributed by atoms with van der Waals surface area (Å²) < 4.78 is 33.7. The molecule has 0 radical (unpaired) electrons. The average molecular weight is 361 g/mol. The van der Waals surface area contributed by atoms with Crippen LogP contribution in [-0.2, 0) is 29.1 Å². The van der Waals surface area contributed by atoms with E-state index in [0.29, 0.717) is 23.7 Å². The third-order valence-corrected chi connectivity index (χ3v) is 5.07. The first-order chi connectivity index (χ1) is 11.9. The summed E-state index contributed by atoms with van der Waals surface area (Å²) in [5.41, 5.74) is 2.58. The van der Waals surface area contributed by atoms with Crippen molar-refractivity contribution in [3.05, 3.63) is 47.2 Å². The molecule has 1 aromatic carbocycles. The van der Waals surface area contributed by atoms with E-state index in [9.17, 15) is 8.42 Å². The molecule has 0 bridgehead atoms. The van der Waals surface area contributed by atoms with Gasteiger partial charge in [0.05, 0.1) is 17.0 Å². The van der Waals surface area contributed by atoms with Gasteiger partial charge in [-0.15, -0.1) is 0 Å². The fourth-order valence-corrected chi connectivity index (χ4v) is 3.21. The third-order valence-electron chi connectivity index (χ3n) is 3.94. The first-order valence-electron chi connectivity index (χ1n) is 8.01. The van der Waals surface area contributed by atoms with Crippen molar-refractivity contribution < 1.29 is 17.5 Å². The third kappa shape index (κ3) is 3.63. The molecule has 0 N–H and O–H groups in total. The minimum atomic E-state index is -3.23. The Balaban J connectivity index is 1.85. The van der Waals surface area contributed by atoms with Gasteiger partial charge < -0.3 is 9.05 Å². The highest BCUT2D eigenvalue weighted by Crippen LogP contribution is 2.22. The van der Waals surface area contributed by atoms with Crippen LogP contribution in [0.4, 0.5) is 0 Å². The summed E-state index contributed by atoms with van der Waals surface area (Å²) in [7, 11) is -3.23. The van der Waals surface area contributed by atoms with Crippen molar-refractivity contribution in [2.45, 2.75) is 38.0 Å². The highest BCUT2D eigenvalue weighted by molar-refractivity contribution is 7.90. The molecular formula is C17H19N3O4S. The number of sulfone groups is 1. The van der Waals surface area contributed by atoms with Crippen LogP contribution in [-0.4, -0.2) is 30.0 Å². The summed E-state index contributed by atoms with van der Waals surface area (Å²) in [6, 6.07) is 6.40. The predicted molar refractivity (Wildman–Crippen MR) is 90.9 cm³/mol. The smallest absolute Gasteiger partial charge is 0.231 e. The van der Waals surface area contributed by atoms with Gasteiger partial charge in [0, 0.05) is 23.8 Å². The molecule has 3 rings (SSSR count). The van der Waals surface area contributed by atoms with Gasteiger partial charge in [0.2, 0.25) is 11.7 Å². The number of aromatic nitrogens is 3. The minimum absolute atomic E-state index is 0.254. The Morgan fingerprint density at radius 1 is 1.00 bits per heavy atom. The molecule has 0 fully saturated rings. The maximum Gasteiger partial charge on any atom is 0.231 e. The molecule has 0 saturated carbocycles. The van der Waals surface area contributed by atoms with Crippen molar-refractivity contribution in [3.63, 3.8) is 0 Å². The summed E-state index contributed by atoms with van der Waals surface area (Å²) in [5.74, 6) is 1.71. The van der Waals surface area contributed by atoms with Crippen LogP contribution in [0.15, 0.2) is 38.2 Å². The van der Waals surface area contributed by atoms with Gasteiger partial charge in [-0.1, -0.05) is 24.2 Å². The Morgan fingerprint density at radius 3 is 2.32 bits per heavy atom. The van der Waals surface area contributed by atoms with E-state index >= 15 is 0 Å². The van der Waals surface area contributed by atoms with Gasteiger partial charge in [-0.2, -0.15) is 4.98 Å². The monoisotopic (exact) mass is 361 g/mol. The molecule has 132 valence electrons. The minimum Gasteiger partial charge on any atom is -0.361 e. The second-order valence-electron chi connectivity index (χ2n) is 5.72. The van der Waals surface area contributed by atoms with E-state index in [-0.39, 0.29) is 4.90 Å². The Bertz CT molecular complexity index is 950. The predicted octanol–water partition coefficient (Wildman–Crippen LogP) is 2.84. The Morgan fingerprint density at radius 2 is 1.72 bits per heavy atom. The van der Waals surface area contributed by atoms with Crippen molar-refractivity contribution in [1.82, 2.24) is 15.3 Å². The van der Waals surface area contributed by atoms with Crippen LogP contribution in [0.1, 0.15) is 36.8 Å². The normalized spacial score (nSPS) is 11.8. The number of hydrogen-bond acceptors (Lipinski definition) is 7. The van der Waals surface area contributed by atoms with E-state index in [0.717, 1.165) is 29.9 Å². The van der Waals surface area contributed by atoms with E-state index in [4.69, 9.17) is 9.05 Å². The van der Waals surface area contributed by atoms with Gasteiger partial charge in [0.15, 0.2) is 9.84 Å². The van der Waals surface area contributed by atoms with Crippen LogP contribution in [0.3, 0.4) is 0 Å². The molecule has 2 aromatic heterocycles. The van der Waals surface area contributed by atoms with Crippen LogP contribution >= 0.6 is 0 Å². The Kier molecular flexibility index (Phi) is 4.71. The lowest BCUT2D eigenvalue weighted by molar-refractivity contribution is 0.375. The van der Waals surface area contributed by atoms with Crippen LogP contribution < -0.4 is 0 Å². The van der Waals surface area contributed by atoms with Crippen molar-refractivity contribution >= 4 is 9.84 Å². The topological polar surface area (TPSA) is 99.1 Å². The number of hydrogen-bond donors (Lipinski definition) is 0. The second kappa shape index (κ2) is 6.79. The maximum atomic E-state index is 11.5. The van der Waals surface area contributed by atoms with Crippen molar-refractivity contribution in [2.75, 3.05) is 6.26 Å². The molecule has 0 aliphatic carbocycles. The number of rotatable bonds is 6. The average Bonchev–Trinajstić information content (AvgIpc) is 3.21. The highest BCUT2D eigenvalue weighted by Gasteiger charge is 2.18. The van der Waals surface area contributed by atoms with Gasteiger partial charge in [0.25, 0.3) is 0 Å². The molecule has 0 aliphatic rings. The van der Waals surface area contributed by atoms with Crippen molar-refractivity contribution in [1.29, 1.82) is 0 Å². The molecule has 2 heterocycles. The van der Waals surface area contributed by atoms with Crippen molar-refractivity contribution in [3.8, 4) is 11.4 Å². The zero-order chi connectivity index (χ0) is 18.0. The Hall–Kier alpha value is -2.48. The lowest BCUT2D eigenvalue weighted by Gasteiger charge is -1.99. The highest BCUT2D eigenvalue weighted by atomic mass is 32.2. The molecule has 0 aliphatic heterocycles. The summed E-state index contributed by atoms with van der Waals surface area (Å²) >= 11 is 0. The molecule has 8 heteroatoms. The van der Waals surface area contributed by atoms with Crippen molar-refractivity contribution in [2.24, 2.45) is 0 Å². The summed E-state index contributed by atoms with van der Waals surface area (Å²) in [6.45, 7) is 4.02. The van der Waals surface area contributed by atoms with Crippen LogP contribution in [0.2, 0.25) is 0 Å². The summed E-state index contributed by atoms with van der Waals surface area (Å²) in [4.78, 5) is 4.66. The van der Waals surface area contributed by atoms with Gasteiger partial charge in [-0.05, 0) is 30.7 Å². The quantitative estimate of drug-likeness (QED) is 0.665. The lowest BCUT2D eigenvalue weighted by Crippen LogP contribution is -1.97. The van der Waals surface area contributed by atoms with E-state index in [1.165, 1.54) is 18.4 Å². The van der Waals surface area contributed by atoms with Gasteiger partial charge in [-0.3, -0.25) is 0 Å². The molecule has 0 spiro atoms. The number of aryl methyl sites for hydroxylation is 2. The van der Waals surface area contributed by atoms with Gasteiger partial charge in [-0.25, -0.2) is 8.42 Å². The Labute approximate surface area is 146 Å². The van der Waals surface area contributed by atoms with E-state index < -0.39 is 9.84 Å². The molecular weight excluding hydrogens is 342 g/mol. The molecule has 0 atom stereocenters. The summed E-state index contributed by atoms with van der Waals surface area (Å²) in [5, 5.41) is 8.06. The zero-order valence-electron chi connectivity index (χ0n) is 14.3. The number of nitrogens with zero attached hydrogens (tertiary/aromatic N) is 3. The second-order valence-corrected chi connectivity index (χ2v) is 7.74. The molecule has 3 aromatic rings. The molecule has 25 heavy (non-hydrogen) atoms. The van der Waals surface area contributed by atoms with E-state index in [1.807, 2.05) is 13.8 Å². The van der Waals surface area contributed by atoms with Crippen LogP contribution in [0.5, 0.6) is 0 Å². The fraction of sp³-hybridized carbons (Fsp3) is 0.353. The first-order valence-corrected chi connectivity index (χ1v) is 9.90. The number of benzene rings is 1. The zero-order valence-corrected chi connectivity index (χ0v) is 15.1. The van der Waals surface area contributed by atoms with Crippen LogP contribution in [0, 0.1) is 0 Å². The fourth-order valence-electron chi connectivity index (χ4n) is 2.58. The largest absolute Gasteiger partial charge is 0.361 e. The van der Waals surface area contributed by atoms with E-state index in [1.54, 1.807) is 12.1 Å². The first kappa shape index (κ1) is 17.3. The molecule has 7 nitrogen and oxygen atoms in total. The SMILES string of the molecule is CCc1noc(CC)c1Cc1nc(-c2ccc(S(C)(=O)=O)cc2)no1. The maximum absolute atomic E-state index is 11.5. The van der Waals surface area contributed by atoms with Gasteiger partial charge in [0.1, 0.15) is 5.76 Å². The van der Waals surface area contributed by atoms with Gasteiger partial charge >= 0.3 is 0 Å². The molecule has 0 amide bonds.